The van der Waals surface area contributed by atoms with Gasteiger partial charge in [-0.1, -0.05) is 42.2 Å². The summed E-state index contributed by atoms with van der Waals surface area (Å²) in [5.41, 5.74) is 1.46. The van der Waals surface area contributed by atoms with Crippen molar-refractivity contribution in [2.45, 2.75) is 6.92 Å². The third-order valence-electron chi connectivity index (χ3n) is 3.91. The molecule has 1 fully saturated rings. The molecule has 140 valence electrons. The second-order valence-corrected chi connectivity index (χ2v) is 7.21. The molecule has 1 saturated heterocycles. The molecular formula is C20H19NO4S2. The summed E-state index contributed by atoms with van der Waals surface area (Å²) in [6.45, 7) is 2.46. The van der Waals surface area contributed by atoms with E-state index in [9.17, 15) is 4.79 Å². The minimum Gasteiger partial charge on any atom is -0.495 e. The molecule has 0 spiro atoms. The number of carbonyl (C=O) groups is 1. The molecule has 0 aromatic heterocycles. The second kappa shape index (κ2) is 8.45. The largest absolute Gasteiger partial charge is 0.495 e. The molecule has 2 aromatic rings. The Bertz CT molecular complexity index is 911. The summed E-state index contributed by atoms with van der Waals surface area (Å²) >= 11 is 6.69. The SMILES string of the molecule is CCOc1ccc(/C=C2/SC(=S)N(c3ccccc3OC)C2=O)cc1OC. The molecule has 5 nitrogen and oxygen atoms in total. The zero-order valence-electron chi connectivity index (χ0n) is 15.2. The highest BCUT2D eigenvalue weighted by Crippen LogP contribution is 2.40. The Balaban J connectivity index is 1.93. The van der Waals surface area contributed by atoms with Gasteiger partial charge in [-0.15, -0.1) is 0 Å². The van der Waals surface area contributed by atoms with Crippen LogP contribution in [-0.4, -0.2) is 31.1 Å². The van der Waals surface area contributed by atoms with Gasteiger partial charge in [-0.25, -0.2) is 0 Å². The van der Waals surface area contributed by atoms with Crippen LogP contribution in [0.5, 0.6) is 17.2 Å². The fourth-order valence-corrected chi connectivity index (χ4v) is 3.97. The summed E-state index contributed by atoms with van der Waals surface area (Å²) in [4.78, 5) is 15.0. The van der Waals surface area contributed by atoms with Gasteiger partial charge in [-0.2, -0.15) is 0 Å². The second-order valence-electron chi connectivity index (χ2n) is 5.53. The maximum atomic E-state index is 13.0. The van der Waals surface area contributed by atoms with Crippen molar-refractivity contribution in [1.29, 1.82) is 0 Å². The third-order valence-corrected chi connectivity index (χ3v) is 5.21. The van der Waals surface area contributed by atoms with Crippen LogP contribution in [0.1, 0.15) is 12.5 Å². The quantitative estimate of drug-likeness (QED) is 0.524. The molecule has 1 heterocycles. The topological polar surface area (TPSA) is 48.0 Å². The highest BCUT2D eigenvalue weighted by atomic mass is 32.2. The van der Waals surface area contributed by atoms with E-state index in [2.05, 4.69) is 0 Å². The minimum absolute atomic E-state index is 0.178. The van der Waals surface area contributed by atoms with E-state index >= 15 is 0 Å². The zero-order valence-corrected chi connectivity index (χ0v) is 16.9. The Hall–Kier alpha value is -2.51. The summed E-state index contributed by atoms with van der Waals surface area (Å²) in [5.74, 6) is 1.70. The van der Waals surface area contributed by atoms with E-state index in [1.54, 1.807) is 26.4 Å². The van der Waals surface area contributed by atoms with E-state index in [1.807, 2.05) is 43.3 Å². The normalized spacial score (nSPS) is 15.4. The van der Waals surface area contributed by atoms with Crippen LogP contribution in [0.25, 0.3) is 6.08 Å². The first-order chi connectivity index (χ1) is 13.1. The van der Waals surface area contributed by atoms with E-state index in [-0.39, 0.29) is 5.91 Å². The predicted molar refractivity (Wildman–Crippen MR) is 113 cm³/mol. The number of hydrogen-bond donors (Lipinski definition) is 0. The van der Waals surface area contributed by atoms with Crippen LogP contribution in [0.2, 0.25) is 0 Å². The number of carbonyl (C=O) groups excluding carboxylic acids is 1. The van der Waals surface area contributed by atoms with Crippen molar-refractivity contribution in [2.24, 2.45) is 0 Å². The van der Waals surface area contributed by atoms with Crippen LogP contribution in [0, 0.1) is 0 Å². The molecule has 1 amide bonds. The van der Waals surface area contributed by atoms with Gasteiger partial charge in [0.2, 0.25) is 0 Å². The van der Waals surface area contributed by atoms with E-state index in [4.69, 9.17) is 26.4 Å². The highest BCUT2D eigenvalue weighted by molar-refractivity contribution is 8.27. The molecule has 27 heavy (non-hydrogen) atoms. The van der Waals surface area contributed by atoms with Gasteiger partial charge in [-0.3, -0.25) is 9.69 Å². The number of benzene rings is 2. The molecule has 0 atom stereocenters. The zero-order chi connectivity index (χ0) is 19.4. The smallest absolute Gasteiger partial charge is 0.270 e. The lowest BCUT2D eigenvalue weighted by molar-refractivity contribution is -0.113. The molecule has 0 bridgehead atoms. The number of ether oxygens (including phenoxy) is 3. The van der Waals surface area contributed by atoms with Gasteiger partial charge in [0.25, 0.3) is 5.91 Å². The predicted octanol–water partition coefficient (Wildman–Crippen LogP) is 4.51. The van der Waals surface area contributed by atoms with E-state index < -0.39 is 0 Å². The van der Waals surface area contributed by atoms with E-state index in [0.29, 0.717) is 38.8 Å². The van der Waals surface area contributed by atoms with Gasteiger partial charge < -0.3 is 14.2 Å². The van der Waals surface area contributed by atoms with Crippen molar-refractivity contribution < 1.29 is 19.0 Å². The molecule has 7 heteroatoms. The molecule has 1 aliphatic heterocycles. The lowest BCUT2D eigenvalue weighted by Crippen LogP contribution is -2.27. The molecule has 0 unspecified atom stereocenters. The summed E-state index contributed by atoms with van der Waals surface area (Å²) in [6, 6.07) is 12.8. The minimum atomic E-state index is -0.178. The van der Waals surface area contributed by atoms with Gasteiger partial charge in [0.05, 0.1) is 31.4 Å². The van der Waals surface area contributed by atoms with Gasteiger partial charge in [0.15, 0.2) is 15.8 Å². The Morgan fingerprint density at radius 3 is 2.52 bits per heavy atom. The molecule has 3 rings (SSSR count). The third kappa shape index (κ3) is 3.94. The number of amides is 1. The first kappa shape index (κ1) is 19.3. The summed E-state index contributed by atoms with van der Waals surface area (Å²) in [7, 11) is 3.15. The summed E-state index contributed by atoms with van der Waals surface area (Å²) in [6.07, 6.45) is 1.80. The Morgan fingerprint density at radius 2 is 1.81 bits per heavy atom. The Kier molecular flexibility index (Phi) is 6.03. The van der Waals surface area contributed by atoms with Gasteiger partial charge in [0.1, 0.15) is 5.75 Å². The molecule has 1 aliphatic rings. The maximum Gasteiger partial charge on any atom is 0.270 e. The fourth-order valence-electron chi connectivity index (χ4n) is 2.69. The van der Waals surface area contributed by atoms with Crippen molar-refractivity contribution in [3.8, 4) is 17.2 Å². The molecule has 0 saturated carbocycles. The van der Waals surface area contributed by atoms with Crippen molar-refractivity contribution in [2.75, 3.05) is 25.7 Å². The van der Waals surface area contributed by atoms with Crippen molar-refractivity contribution in [3.63, 3.8) is 0 Å². The van der Waals surface area contributed by atoms with Crippen molar-refractivity contribution >= 4 is 46.0 Å². The fraction of sp³-hybridized carbons (Fsp3) is 0.200. The standard InChI is InChI=1S/C20H19NO4S2/c1-4-25-16-10-9-13(11-17(16)24-3)12-18-19(22)21(20(26)27-18)14-7-5-6-8-15(14)23-2/h5-12H,4H2,1-3H3/b18-12+. The maximum absolute atomic E-state index is 13.0. The molecule has 0 aliphatic carbocycles. The number of anilines is 1. The Morgan fingerprint density at radius 1 is 1.07 bits per heavy atom. The van der Waals surface area contributed by atoms with Crippen molar-refractivity contribution in [1.82, 2.24) is 0 Å². The number of thiocarbonyl (C=S) groups is 1. The van der Waals surface area contributed by atoms with Gasteiger partial charge in [0, 0.05) is 0 Å². The van der Waals surface area contributed by atoms with Crippen LogP contribution in [-0.2, 0) is 4.79 Å². The molecule has 0 N–H and O–H groups in total. The molecule has 2 aromatic carbocycles. The first-order valence-corrected chi connectivity index (χ1v) is 9.53. The van der Waals surface area contributed by atoms with E-state index in [1.165, 1.54) is 16.7 Å². The number of rotatable bonds is 6. The van der Waals surface area contributed by atoms with Gasteiger partial charge >= 0.3 is 0 Å². The molecule has 0 radical (unpaired) electrons. The lowest BCUT2D eigenvalue weighted by Gasteiger charge is -2.17. The van der Waals surface area contributed by atoms with Crippen LogP contribution in [0.4, 0.5) is 5.69 Å². The lowest BCUT2D eigenvalue weighted by atomic mass is 10.1. The van der Waals surface area contributed by atoms with E-state index in [0.717, 1.165) is 5.56 Å². The summed E-state index contributed by atoms with van der Waals surface area (Å²) < 4.78 is 16.7. The van der Waals surface area contributed by atoms with Gasteiger partial charge in [-0.05, 0) is 42.8 Å². The van der Waals surface area contributed by atoms with Crippen LogP contribution in [0.3, 0.4) is 0 Å². The van der Waals surface area contributed by atoms with Crippen LogP contribution >= 0.6 is 24.0 Å². The highest BCUT2D eigenvalue weighted by Gasteiger charge is 2.34. The van der Waals surface area contributed by atoms with Crippen LogP contribution in [0.15, 0.2) is 47.4 Å². The Labute approximate surface area is 167 Å². The molecular weight excluding hydrogens is 382 g/mol. The summed E-state index contributed by atoms with van der Waals surface area (Å²) in [5, 5.41) is 0. The average Bonchev–Trinajstić information content (AvgIpc) is 2.96. The van der Waals surface area contributed by atoms with Crippen molar-refractivity contribution in [3.05, 3.63) is 52.9 Å². The average molecular weight is 402 g/mol. The number of para-hydroxylation sites is 2. The monoisotopic (exact) mass is 401 g/mol. The number of methoxy groups -OCH3 is 2. The number of hydrogen-bond acceptors (Lipinski definition) is 6. The van der Waals surface area contributed by atoms with Crippen LogP contribution < -0.4 is 19.1 Å². The first-order valence-electron chi connectivity index (χ1n) is 8.30. The number of thioether (sulfide) groups is 1. The number of nitrogens with zero attached hydrogens (tertiary/aromatic N) is 1.